The van der Waals surface area contributed by atoms with Crippen LogP contribution in [0.25, 0.3) is 33.4 Å². The number of hydrogen-bond donors (Lipinski definition) is 1. The number of halogens is 3. The van der Waals surface area contributed by atoms with Crippen LogP contribution < -0.4 is 9.47 Å². The second-order valence-electron chi connectivity index (χ2n) is 8.49. The van der Waals surface area contributed by atoms with Crippen molar-refractivity contribution in [3.8, 4) is 34.0 Å². The van der Waals surface area contributed by atoms with Crippen LogP contribution in [-0.2, 0) is 6.54 Å². The monoisotopic (exact) mass is 482 g/mol. The van der Waals surface area contributed by atoms with Crippen molar-refractivity contribution >= 4 is 16.8 Å². The molecule has 0 bridgehead atoms. The van der Waals surface area contributed by atoms with Gasteiger partial charge in [-0.3, -0.25) is 14.9 Å². The lowest BCUT2D eigenvalue weighted by molar-refractivity contribution is 0.0730. The molecule has 0 radical (unpaired) electrons. The highest BCUT2D eigenvalue weighted by molar-refractivity contribution is 6.00. The van der Waals surface area contributed by atoms with E-state index in [4.69, 9.17) is 9.47 Å². The number of carbonyl (C=O) groups excluding carboxylic acids is 1. The molecule has 180 valence electrons. The molecule has 2 aromatic heterocycles. The summed E-state index contributed by atoms with van der Waals surface area (Å²) in [7, 11) is 2.52. The van der Waals surface area contributed by atoms with Gasteiger partial charge < -0.3 is 14.4 Å². The fourth-order valence-corrected chi connectivity index (χ4v) is 4.32. The second kappa shape index (κ2) is 8.30. The molecule has 2 aromatic carbocycles. The first-order chi connectivity index (χ1) is 16.7. The molecule has 0 saturated carbocycles. The summed E-state index contributed by atoms with van der Waals surface area (Å²) in [5, 5.41) is 7.47. The number of carbonyl (C=O) groups is 1. The zero-order valence-electron chi connectivity index (χ0n) is 19.4. The normalized spacial score (nSPS) is 13.1. The number of hydrogen-bond acceptors (Lipinski definition) is 5. The maximum absolute atomic E-state index is 15.1. The van der Waals surface area contributed by atoms with Crippen LogP contribution >= 0.6 is 0 Å². The van der Waals surface area contributed by atoms with Crippen molar-refractivity contribution in [1.29, 1.82) is 0 Å². The average Bonchev–Trinajstić information content (AvgIpc) is 3.39. The highest BCUT2D eigenvalue weighted by Gasteiger charge is 2.31. The van der Waals surface area contributed by atoms with E-state index in [-0.39, 0.29) is 40.4 Å². The summed E-state index contributed by atoms with van der Waals surface area (Å²) in [4.78, 5) is 18.5. The SMILES string of the molecule is COc1cc(OC)c(F)c(-c2cc3[nH]nc(-c4cc5c(cc4F)C(=O)N(C(C)C)C5)c3cn2)c1F. The summed E-state index contributed by atoms with van der Waals surface area (Å²) >= 11 is 0. The molecule has 0 saturated heterocycles. The maximum atomic E-state index is 15.1. The van der Waals surface area contributed by atoms with Gasteiger partial charge in [0.2, 0.25) is 0 Å². The Bertz CT molecular complexity index is 1470. The fourth-order valence-electron chi connectivity index (χ4n) is 4.32. The number of pyridine rings is 1. The minimum atomic E-state index is -0.929. The predicted octanol–water partition coefficient (Wildman–Crippen LogP) is 5.09. The van der Waals surface area contributed by atoms with Gasteiger partial charge in [-0.1, -0.05) is 0 Å². The van der Waals surface area contributed by atoms with E-state index in [0.29, 0.717) is 28.6 Å². The molecule has 0 aliphatic carbocycles. The minimum absolute atomic E-state index is 0.0208. The first-order valence-electron chi connectivity index (χ1n) is 10.8. The molecular formula is C25H21F3N4O3. The number of aromatic nitrogens is 3. The van der Waals surface area contributed by atoms with Gasteiger partial charge in [0.05, 0.1) is 31.0 Å². The molecule has 5 rings (SSSR count). The molecule has 0 fully saturated rings. The number of rotatable bonds is 5. The van der Waals surface area contributed by atoms with Gasteiger partial charge in [0.1, 0.15) is 11.5 Å². The van der Waals surface area contributed by atoms with E-state index in [9.17, 15) is 13.6 Å². The van der Waals surface area contributed by atoms with Crippen molar-refractivity contribution in [1.82, 2.24) is 20.1 Å². The van der Waals surface area contributed by atoms with Crippen LogP contribution in [0.15, 0.2) is 30.5 Å². The third-order valence-electron chi connectivity index (χ3n) is 6.18. The van der Waals surface area contributed by atoms with Gasteiger partial charge in [0.25, 0.3) is 5.91 Å². The Morgan fingerprint density at radius 1 is 1.00 bits per heavy atom. The van der Waals surface area contributed by atoms with Crippen LogP contribution in [0.2, 0.25) is 0 Å². The zero-order chi connectivity index (χ0) is 25.0. The quantitative estimate of drug-likeness (QED) is 0.429. The second-order valence-corrected chi connectivity index (χ2v) is 8.49. The molecule has 35 heavy (non-hydrogen) atoms. The smallest absolute Gasteiger partial charge is 0.254 e. The molecule has 7 nitrogen and oxygen atoms in total. The molecule has 1 aliphatic heterocycles. The Morgan fingerprint density at radius 3 is 2.31 bits per heavy atom. The summed E-state index contributed by atoms with van der Waals surface area (Å²) < 4.78 is 54.9. The number of nitrogens with one attached hydrogen (secondary N) is 1. The van der Waals surface area contributed by atoms with Crippen LogP contribution in [0.3, 0.4) is 0 Å². The Labute approximate surface area is 198 Å². The number of aromatic amines is 1. The summed E-state index contributed by atoms with van der Waals surface area (Å²) in [5.41, 5.74) is 1.46. The van der Waals surface area contributed by atoms with Gasteiger partial charge in [-0.25, -0.2) is 13.2 Å². The van der Waals surface area contributed by atoms with Crippen LogP contribution in [-0.4, -0.2) is 46.2 Å². The standard InChI is InChI=1S/C25H21F3N4O3/c1-11(2)32-10-12-5-14(16(26)6-13(12)25(32)33)24-15-9-29-18(7-17(15)30-31-24)21-22(27)19(34-3)8-20(35-4)23(21)28/h5-9,11H,10H2,1-4H3,(H,30,31). The third-order valence-corrected chi connectivity index (χ3v) is 6.18. The lowest BCUT2D eigenvalue weighted by atomic mass is 10.0. The van der Waals surface area contributed by atoms with E-state index in [1.165, 1.54) is 32.5 Å². The lowest BCUT2D eigenvalue weighted by Crippen LogP contribution is -2.30. The molecule has 1 amide bonds. The topological polar surface area (TPSA) is 80.3 Å². The molecule has 10 heteroatoms. The number of methoxy groups -OCH3 is 2. The summed E-state index contributed by atoms with van der Waals surface area (Å²) in [6.07, 6.45) is 1.37. The van der Waals surface area contributed by atoms with E-state index >= 15 is 4.39 Å². The molecule has 1 aliphatic rings. The highest BCUT2D eigenvalue weighted by atomic mass is 19.1. The Kier molecular flexibility index (Phi) is 5.38. The van der Waals surface area contributed by atoms with Gasteiger partial charge >= 0.3 is 0 Å². The number of ether oxygens (including phenoxy) is 2. The Hall–Kier alpha value is -4.08. The first kappa shape index (κ1) is 22.7. The largest absolute Gasteiger partial charge is 0.494 e. The Morgan fingerprint density at radius 2 is 1.69 bits per heavy atom. The molecule has 0 unspecified atom stereocenters. The molecule has 0 spiro atoms. The van der Waals surface area contributed by atoms with Crippen LogP contribution in [0, 0.1) is 17.5 Å². The number of fused-ring (bicyclic) bond motifs is 2. The third kappa shape index (κ3) is 3.48. The van der Waals surface area contributed by atoms with E-state index in [1.54, 1.807) is 11.0 Å². The molecule has 0 atom stereocenters. The first-order valence-corrected chi connectivity index (χ1v) is 10.8. The van der Waals surface area contributed by atoms with Gasteiger partial charge in [0.15, 0.2) is 23.1 Å². The fraction of sp³-hybridized carbons (Fsp3) is 0.240. The number of H-pyrrole nitrogens is 1. The summed E-state index contributed by atoms with van der Waals surface area (Å²) in [6, 6.07) is 5.35. The van der Waals surface area contributed by atoms with Crippen molar-refractivity contribution in [3.05, 3.63) is 59.0 Å². The van der Waals surface area contributed by atoms with Crippen LogP contribution in [0.1, 0.15) is 29.8 Å². The van der Waals surface area contributed by atoms with Crippen LogP contribution in [0.4, 0.5) is 13.2 Å². The van der Waals surface area contributed by atoms with Crippen molar-refractivity contribution < 1.29 is 27.4 Å². The lowest BCUT2D eigenvalue weighted by Gasteiger charge is -2.19. The Balaban J connectivity index is 1.61. The van der Waals surface area contributed by atoms with Gasteiger partial charge in [-0.05, 0) is 37.6 Å². The number of amides is 1. The number of benzene rings is 2. The maximum Gasteiger partial charge on any atom is 0.254 e. The average molecular weight is 482 g/mol. The van der Waals surface area contributed by atoms with Gasteiger partial charge in [-0.2, -0.15) is 5.10 Å². The molecule has 4 aromatic rings. The minimum Gasteiger partial charge on any atom is -0.494 e. The molecule has 3 heterocycles. The van der Waals surface area contributed by atoms with Gasteiger partial charge in [-0.15, -0.1) is 0 Å². The van der Waals surface area contributed by atoms with Crippen molar-refractivity contribution in [2.24, 2.45) is 0 Å². The van der Waals surface area contributed by atoms with Crippen molar-refractivity contribution in [3.63, 3.8) is 0 Å². The molecular weight excluding hydrogens is 461 g/mol. The number of nitrogens with zero attached hydrogens (tertiary/aromatic N) is 3. The highest BCUT2D eigenvalue weighted by Crippen LogP contribution is 2.39. The predicted molar refractivity (Wildman–Crippen MR) is 123 cm³/mol. The van der Waals surface area contributed by atoms with Crippen molar-refractivity contribution in [2.45, 2.75) is 26.4 Å². The zero-order valence-corrected chi connectivity index (χ0v) is 19.4. The van der Waals surface area contributed by atoms with Gasteiger partial charge in [0, 0.05) is 41.4 Å². The summed E-state index contributed by atoms with van der Waals surface area (Å²) in [6.45, 7) is 4.17. The van der Waals surface area contributed by atoms with E-state index in [1.807, 2.05) is 13.8 Å². The van der Waals surface area contributed by atoms with E-state index in [0.717, 1.165) is 6.07 Å². The van der Waals surface area contributed by atoms with Crippen molar-refractivity contribution in [2.75, 3.05) is 14.2 Å². The van der Waals surface area contributed by atoms with Crippen LogP contribution in [0.5, 0.6) is 11.5 Å². The van der Waals surface area contributed by atoms with E-state index < -0.39 is 23.0 Å². The van der Waals surface area contributed by atoms with E-state index in [2.05, 4.69) is 15.2 Å². The summed E-state index contributed by atoms with van der Waals surface area (Å²) in [5.74, 6) is -3.07. The molecule has 1 N–H and O–H groups in total.